The second-order valence-corrected chi connectivity index (χ2v) is 6.28. The SMILES string of the molecule is CCCN1CCCCC1C(=O)NC(C)c1cccc(OCC)c1. The second-order valence-electron chi connectivity index (χ2n) is 6.28. The number of hydrogen-bond acceptors (Lipinski definition) is 3. The van der Waals surface area contributed by atoms with Crippen LogP contribution in [0.3, 0.4) is 0 Å². The highest BCUT2D eigenvalue weighted by molar-refractivity contribution is 5.82. The molecule has 1 aromatic rings. The molecular weight excluding hydrogens is 288 g/mol. The Labute approximate surface area is 140 Å². The second kappa shape index (κ2) is 8.92. The van der Waals surface area contributed by atoms with Crippen molar-refractivity contribution in [3.63, 3.8) is 0 Å². The topological polar surface area (TPSA) is 41.6 Å². The number of benzene rings is 1. The lowest BCUT2D eigenvalue weighted by atomic mass is 10.00. The molecule has 4 heteroatoms. The van der Waals surface area contributed by atoms with Crippen molar-refractivity contribution in [1.29, 1.82) is 0 Å². The van der Waals surface area contributed by atoms with Crippen molar-refractivity contribution in [2.24, 2.45) is 0 Å². The lowest BCUT2D eigenvalue weighted by molar-refractivity contribution is -0.128. The Hall–Kier alpha value is -1.55. The van der Waals surface area contributed by atoms with E-state index in [9.17, 15) is 4.79 Å². The van der Waals surface area contributed by atoms with Gasteiger partial charge in [-0.25, -0.2) is 0 Å². The summed E-state index contributed by atoms with van der Waals surface area (Å²) in [5.74, 6) is 1.02. The van der Waals surface area contributed by atoms with Crippen molar-refractivity contribution in [3.05, 3.63) is 29.8 Å². The van der Waals surface area contributed by atoms with E-state index in [1.807, 2.05) is 38.1 Å². The first-order valence-corrected chi connectivity index (χ1v) is 8.92. The molecule has 1 fully saturated rings. The maximum Gasteiger partial charge on any atom is 0.237 e. The van der Waals surface area contributed by atoms with Gasteiger partial charge < -0.3 is 10.1 Å². The van der Waals surface area contributed by atoms with Gasteiger partial charge in [-0.1, -0.05) is 25.5 Å². The molecule has 2 rings (SSSR count). The molecule has 0 aliphatic carbocycles. The Kier molecular flexibility index (Phi) is 6.90. The van der Waals surface area contributed by atoms with Crippen molar-refractivity contribution < 1.29 is 9.53 Å². The molecular formula is C19H30N2O2. The first-order chi connectivity index (χ1) is 11.2. The fourth-order valence-corrected chi connectivity index (χ4v) is 3.28. The van der Waals surface area contributed by atoms with Gasteiger partial charge in [0.1, 0.15) is 5.75 Å². The van der Waals surface area contributed by atoms with Crippen LogP contribution in [0.15, 0.2) is 24.3 Å². The number of piperidine rings is 1. The van der Waals surface area contributed by atoms with Crippen molar-refractivity contribution in [2.75, 3.05) is 19.7 Å². The molecule has 2 atom stereocenters. The highest BCUT2D eigenvalue weighted by Gasteiger charge is 2.28. The smallest absolute Gasteiger partial charge is 0.237 e. The summed E-state index contributed by atoms with van der Waals surface area (Å²) in [4.78, 5) is 15.0. The third-order valence-corrected chi connectivity index (χ3v) is 4.45. The molecule has 1 aromatic carbocycles. The number of hydrogen-bond donors (Lipinski definition) is 1. The van der Waals surface area contributed by atoms with Gasteiger partial charge in [-0.15, -0.1) is 0 Å². The van der Waals surface area contributed by atoms with Gasteiger partial charge in [0.2, 0.25) is 5.91 Å². The number of ether oxygens (including phenoxy) is 1. The molecule has 1 saturated heterocycles. The molecule has 2 unspecified atom stereocenters. The van der Waals surface area contributed by atoms with Gasteiger partial charge in [-0.2, -0.15) is 0 Å². The number of carbonyl (C=O) groups excluding carboxylic acids is 1. The van der Waals surface area contributed by atoms with E-state index in [2.05, 4.69) is 17.1 Å². The van der Waals surface area contributed by atoms with E-state index in [0.717, 1.165) is 43.7 Å². The summed E-state index contributed by atoms with van der Waals surface area (Å²) in [6, 6.07) is 8.00. The van der Waals surface area contributed by atoms with Gasteiger partial charge in [0.05, 0.1) is 18.7 Å². The molecule has 4 nitrogen and oxygen atoms in total. The van der Waals surface area contributed by atoms with E-state index < -0.39 is 0 Å². The highest BCUT2D eigenvalue weighted by Crippen LogP contribution is 2.21. The van der Waals surface area contributed by atoms with Gasteiger partial charge in [0, 0.05) is 0 Å². The fraction of sp³-hybridized carbons (Fsp3) is 0.632. The Morgan fingerprint density at radius 2 is 2.22 bits per heavy atom. The Bertz CT molecular complexity index is 502. The van der Waals surface area contributed by atoms with E-state index in [-0.39, 0.29) is 18.0 Å². The van der Waals surface area contributed by atoms with Crippen molar-refractivity contribution in [1.82, 2.24) is 10.2 Å². The summed E-state index contributed by atoms with van der Waals surface area (Å²) in [5, 5.41) is 3.19. The molecule has 1 amide bonds. The molecule has 1 aliphatic heterocycles. The zero-order valence-electron chi connectivity index (χ0n) is 14.7. The zero-order chi connectivity index (χ0) is 16.7. The zero-order valence-corrected chi connectivity index (χ0v) is 14.7. The number of likely N-dealkylation sites (tertiary alicyclic amines) is 1. The van der Waals surface area contributed by atoms with Crippen LogP contribution in [-0.4, -0.2) is 36.5 Å². The van der Waals surface area contributed by atoms with Crippen molar-refractivity contribution >= 4 is 5.91 Å². The largest absolute Gasteiger partial charge is 0.494 e. The van der Waals surface area contributed by atoms with E-state index >= 15 is 0 Å². The lowest BCUT2D eigenvalue weighted by Gasteiger charge is -2.35. The fourth-order valence-electron chi connectivity index (χ4n) is 3.28. The Morgan fingerprint density at radius 1 is 1.39 bits per heavy atom. The van der Waals surface area contributed by atoms with Crippen LogP contribution in [0.4, 0.5) is 0 Å². The third kappa shape index (κ3) is 4.96. The van der Waals surface area contributed by atoms with Gasteiger partial charge in [-0.05, 0) is 63.9 Å². The van der Waals surface area contributed by atoms with E-state index in [0.29, 0.717) is 6.61 Å². The van der Waals surface area contributed by atoms with Gasteiger partial charge in [-0.3, -0.25) is 9.69 Å². The van der Waals surface area contributed by atoms with Gasteiger partial charge in [0.15, 0.2) is 0 Å². The quantitative estimate of drug-likeness (QED) is 0.836. The molecule has 0 bridgehead atoms. The summed E-state index contributed by atoms with van der Waals surface area (Å²) < 4.78 is 5.55. The van der Waals surface area contributed by atoms with Gasteiger partial charge in [0.25, 0.3) is 0 Å². The number of carbonyl (C=O) groups is 1. The lowest BCUT2D eigenvalue weighted by Crippen LogP contribution is -2.50. The maximum atomic E-state index is 12.7. The summed E-state index contributed by atoms with van der Waals surface area (Å²) in [6.07, 6.45) is 4.41. The predicted molar refractivity (Wildman–Crippen MR) is 93.7 cm³/mol. The van der Waals surface area contributed by atoms with Crippen LogP contribution >= 0.6 is 0 Å². The molecule has 0 radical (unpaired) electrons. The van der Waals surface area contributed by atoms with E-state index in [4.69, 9.17) is 4.74 Å². The highest BCUT2D eigenvalue weighted by atomic mass is 16.5. The van der Waals surface area contributed by atoms with Crippen LogP contribution in [0.25, 0.3) is 0 Å². The summed E-state index contributed by atoms with van der Waals surface area (Å²) in [6.45, 7) is 8.88. The molecule has 23 heavy (non-hydrogen) atoms. The van der Waals surface area contributed by atoms with Gasteiger partial charge >= 0.3 is 0 Å². The first kappa shape index (κ1) is 17.8. The van der Waals surface area contributed by atoms with Crippen molar-refractivity contribution in [3.8, 4) is 5.75 Å². The molecule has 0 saturated carbocycles. The number of nitrogens with one attached hydrogen (secondary N) is 1. The van der Waals surface area contributed by atoms with E-state index in [1.165, 1.54) is 6.42 Å². The van der Waals surface area contributed by atoms with Crippen LogP contribution in [0.2, 0.25) is 0 Å². The number of nitrogens with zero attached hydrogens (tertiary/aromatic N) is 1. The summed E-state index contributed by atoms with van der Waals surface area (Å²) >= 11 is 0. The van der Waals surface area contributed by atoms with Crippen LogP contribution in [-0.2, 0) is 4.79 Å². The normalized spacial score (nSPS) is 20.0. The minimum atomic E-state index is -0.00620. The first-order valence-electron chi connectivity index (χ1n) is 8.92. The number of rotatable bonds is 7. The van der Waals surface area contributed by atoms with Crippen LogP contribution in [0.5, 0.6) is 5.75 Å². The summed E-state index contributed by atoms with van der Waals surface area (Å²) in [7, 11) is 0. The average Bonchev–Trinajstić information content (AvgIpc) is 2.56. The Balaban J connectivity index is 1.99. The number of amides is 1. The molecule has 1 N–H and O–H groups in total. The Morgan fingerprint density at radius 3 is 2.96 bits per heavy atom. The van der Waals surface area contributed by atoms with Crippen LogP contribution in [0, 0.1) is 0 Å². The standard InChI is InChI=1S/C19H30N2O2/c1-4-12-21-13-7-6-11-18(21)19(22)20-15(3)16-9-8-10-17(14-16)23-5-2/h8-10,14-15,18H,4-7,11-13H2,1-3H3,(H,20,22). The van der Waals surface area contributed by atoms with Crippen molar-refractivity contribution in [2.45, 2.75) is 58.5 Å². The van der Waals surface area contributed by atoms with Crippen LogP contribution in [0.1, 0.15) is 58.1 Å². The molecule has 0 aromatic heterocycles. The van der Waals surface area contributed by atoms with E-state index in [1.54, 1.807) is 0 Å². The summed E-state index contributed by atoms with van der Waals surface area (Å²) in [5.41, 5.74) is 1.09. The predicted octanol–water partition coefficient (Wildman–Crippen LogP) is 3.53. The third-order valence-electron chi connectivity index (χ3n) is 4.45. The van der Waals surface area contributed by atoms with Crippen LogP contribution < -0.4 is 10.1 Å². The monoisotopic (exact) mass is 318 g/mol. The molecule has 1 heterocycles. The minimum absolute atomic E-state index is 0.00620. The maximum absolute atomic E-state index is 12.7. The molecule has 0 spiro atoms. The minimum Gasteiger partial charge on any atom is -0.494 e. The average molecular weight is 318 g/mol. The molecule has 128 valence electrons. The molecule has 1 aliphatic rings.